The molecule has 0 amide bonds. The first-order valence-corrected chi connectivity index (χ1v) is 16.9. The molecule has 1 aliphatic heterocycles. The minimum absolute atomic E-state index is 0.228. The molecule has 0 spiro atoms. The monoisotopic (exact) mass is 565 g/mol. The lowest BCUT2D eigenvalue weighted by molar-refractivity contribution is 0.256. The Morgan fingerprint density at radius 3 is 2.38 bits per heavy atom. The Morgan fingerprint density at radius 1 is 0.949 bits per heavy atom. The molecule has 1 aromatic heterocycles. The van der Waals surface area contributed by atoms with Gasteiger partial charge in [-0.05, 0) is 70.0 Å². The Bertz CT molecular complexity index is 958. The minimum Gasteiger partial charge on any atom is -0.384 e. The van der Waals surface area contributed by atoms with Crippen molar-refractivity contribution >= 4 is 21.8 Å². The summed E-state index contributed by atoms with van der Waals surface area (Å²) >= 11 is 0. The molecule has 3 fully saturated rings. The van der Waals surface area contributed by atoms with Crippen molar-refractivity contribution in [2.24, 2.45) is 11.8 Å². The van der Waals surface area contributed by atoms with Gasteiger partial charge in [-0.2, -0.15) is 8.42 Å². The number of nitrogens with one attached hydrogen (secondary N) is 2. The highest BCUT2D eigenvalue weighted by Crippen LogP contribution is 2.31. The van der Waals surface area contributed by atoms with Crippen molar-refractivity contribution in [1.29, 1.82) is 0 Å². The molecule has 2 saturated carbocycles. The lowest BCUT2D eigenvalue weighted by Crippen LogP contribution is -2.48. The maximum absolute atomic E-state index is 11.0. The van der Waals surface area contributed by atoms with Crippen molar-refractivity contribution in [1.82, 2.24) is 25.5 Å². The number of rotatable bonds is 14. The summed E-state index contributed by atoms with van der Waals surface area (Å²) in [6, 6.07) is 2.60. The predicted octanol–water partition coefficient (Wildman–Crippen LogP) is 2.71. The van der Waals surface area contributed by atoms with Gasteiger partial charge in [0.05, 0.1) is 5.75 Å². The molecule has 4 rings (SSSR count). The summed E-state index contributed by atoms with van der Waals surface area (Å²) in [7, 11) is -3.93. The molecule has 2 aliphatic carbocycles. The Morgan fingerprint density at radius 2 is 1.67 bits per heavy atom. The average molecular weight is 566 g/mol. The van der Waals surface area contributed by atoms with Gasteiger partial charge in [-0.25, -0.2) is 9.97 Å². The maximum atomic E-state index is 11.0. The van der Waals surface area contributed by atoms with Crippen LogP contribution in [0.15, 0.2) is 6.07 Å². The third-order valence-corrected chi connectivity index (χ3v) is 9.58. The van der Waals surface area contributed by atoms with Gasteiger partial charge in [-0.15, -0.1) is 0 Å². The standard InChI is InChI=1S/C28H51N7O3S/c29-26-21-28(35-17-15-34(16-18-35)19-20-39(36,37)38)33-27(32-26)12-11-23-7-9-24(10-8-23)22-30-13-4-14-31-25-5-2-1-3-6-25/h21,23-25,30-31H,1-20,22H2,(H2,29,32,33)(H,36,37,38). The fourth-order valence-corrected chi connectivity index (χ4v) is 6.90. The van der Waals surface area contributed by atoms with Gasteiger partial charge in [0.2, 0.25) is 0 Å². The number of nitrogen functional groups attached to an aromatic ring is 1. The van der Waals surface area contributed by atoms with E-state index in [0.29, 0.717) is 12.4 Å². The van der Waals surface area contributed by atoms with Gasteiger partial charge in [-0.1, -0.05) is 32.1 Å². The van der Waals surface area contributed by atoms with E-state index in [4.69, 9.17) is 15.3 Å². The molecule has 11 heteroatoms. The van der Waals surface area contributed by atoms with Gasteiger partial charge in [0.15, 0.2) is 0 Å². The van der Waals surface area contributed by atoms with Crippen molar-refractivity contribution in [2.75, 3.05) is 68.7 Å². The SMILES string of the molecule is Nc1cc(N2CCN(CCS(=O)(=O)O)CC2)nc(CCC2CCC(CNCCCNC3CCCCC3)CC2)n1. The second-order valence-corrected chi connectivity index (χ2v) is 13.5. The van der Waals surface area contributed by atoms with E-state index in [-0.39, 0.29) is 5.75 Å². The number of nitrogens with zero attached hydrogens (tertiary/aromatic N) is 4. The summed E-state index contributed by atoms with van der Waals surface area (Å²) in [4.78, 5) is 13.6. The molecule has 222 valence electrons. The number of aromatic nitrogens is 2. The lowest BCUT2D eigenvalue weighted by atomic mass is 9.80. The average Bonchev–Trinajstić information content (AvgIpc) is 2.93. The summed E-state index contributed by atoms with van der Waals surface area (Å²) in [6.07, 6.45) is 15.3. The molecule has 10 nitrogen and oxygen atoms in total. The van der Waals surface area contributed by atoms with Gasteiger partial charge < -0.3 is 21.3 Å². The van der Waals surface area contributed by atoms with E-state index in [1.54, 1.807) is 0 Å². The van der Waals surface area contributed by atoms with Gasteiger partial charge in [0, 0.05) is 51.3 Å². The molecular formula is C28H51N7O3S. The van der Waals surface area contributed by atoms with Crippen LogP contribution in [-0.4, -0.2) is 92.0 Å². The summed E-state index contributed by atoms with van der Waals surface area (Å²) in [6.45, 7) is 6.71. The quantitative estimate of drug-likeness (QED) is 0.197. The van der Waals surface area contributed by atoms with E-state index in [9.17, 15) is 8.42 Å². The maximum Gasteiger partial charge on any atom is 0.266 e. The molecule has 0 radical (unpaired) electrons. The highest BCUT2D eigenvalue weighted by atomic mass is 32.2. The zero-order valence-corrected chi connectivity index (χ0v) is 24.5. The number of piperazine rings is 1. The second-order valence-electron chi connectivity index (χ2n) is 12.0. The number of hydrogen-bond acceptors (Lipinski definition) is 9. The van der Waals surface area contributed by atoms with Crippen LogP contribution in [0.2, 0.25) is 0 Å². The molecular weight excluding hydrogens is 514 g/mol. The fraction of sp³-hybridized carbons (Fsp3) is 0.857. The molecule has 3 aliphatic rings. The van der Waals surface area contributed by atoms with Crippen LogP contribution < -0.4 is 21.3 Å². The second kappa shape index (κ2) is 15.5. The third kappa shape index (κ3) is 11.1. The van der Waals surface area contributed by atoms with E-state index < -0.39 is 10.1 Å². The van der Waals surface area contributed by atoms with Gasteiger partial charge in [0.25, 0.3) is 10.1 Å². The zero-order chi connectivity index (χ0) is 27.5. The van der Waals surface area contributed by atoms with Crippen molar-refractivity contribution in [3.05, 3.63) is 11.9 Å². The highest BCUT2D eigenvalue weighted by molar-refractivity contribution is 7.85. The van der Waals surface area contributed by atoms with E-state index in [0.717, 1.165) is 88.2 Å². The Labute approximate surface area is 235 Å². The molecule has 0 bridgehead atoms. The van der Waals surface area contributed by atoms with Gasteiger partial charge in [0.1, 0.15) is 17.5 Å². The molecule has 2 heterocycles. The van der Waals surface area contributed by atoms with Crippen LogP contribution in [0, 0.1) is 11.8 Å². The first-order chi connectivity index (χ1) is 18.8. The van der Waals surface area contributed by atoms with Crippen LogP contribution in [-0.2, 0) is 16.5 Å². The summed E-state index contributed by atoms with van der Waals surface area (Å²) in [5.41, 5.74) is 6.14. The minimum atomic E-state index is -3.93. The van der Waals surface area contributed by atoms with E-state index >= 15 is 0 Å². The summed E-state index contributed by atoms with van der Waals surface area (Å²) in [5.74, 6) is 3.50. The van der Waals surface area contributed by atoms with Crippen LogP contribution in [0.5, 0.6) is 0 Å². The van der Waals surface area contributed by atoms with Crippen LogP contribution in [0.4, 0.5) is 11.6 Å². The van der Waals surface area contributed by atoms with E-state index in [1.807, 2.05) is 6.07 Å². The summed E-state index contributed by atoms with van der Waals surface area (Å²) < 4.78 is 31.0. The largest absolute Gasteiger partial charge is 0.384 e. The molecule has 5 N–H and O–H groups in total. The van der Waals surface area contributed by atoms with Gasteiger partial charge in [-0.3, -0.25) is 9.45 Å². The Balaban J connectivity index is 1.09. The third-order valence-electron chi connectivity index (χ3n) is 8.88. The summed E-state index contributed by atoms with van der Waals surface area (Å²) in [5, 5.41) is 7.45. The smallest absolute Gasteiger partial charge is 0.266 e. The van der Waals surface area contributed by atoms with Crippen molar-refractivity contribution < 1.29 is 13.0 Å². The number of hydrogen-bond donors (Lipinski definition) is 4. The predicted molar refractivity (Wildman–Crippen MR) is 158 cm³/mol. The van der Waals surface area contributed by atoms with Crippen molar-refractivity contribution in [3.63, 3.8) is 0 Å². The van der Waals surface area contributed by atoms with Crippen LogP contribution in [0.3, 0.4) is 0 Å². The fourth-order valence-electron chi connectivity index (χ4n) is 6.41. The van der Waals surface area contributed by atoms with E-state index in [2.05, 4.69) is 25.4 Å². The molecule has 0 atom stereocenters. The first-order valence-electron chi connectivity index (χ1n) is 15.3. The normalized spacial score (nSPS) is 23.8. The number of nitrogens with two attached hydrogens (primary N) is 1. The molecule has 1 saturated heterocycles. The lowest BCUT2D eigenvalue weighted by Gasteiger charge is -2.35. The number of anilines is 2. The topological polar surface area (TPSA) is 137 Å². The molecule has 1 aromatic rings. The molecule has 0 aromatic carbocycles. The van der Waals surface area contributed by atoms with Crippen LogP contribution in [0.25, 0.3) is 0 Å². The molecule has 0 unspecified atom stereocenters. The van der Waals surface area contributed by atoms with Crippen LogP contribution in [0.1, 0.15) is 76.5 Å². The highest BCUT2D eigenvalue weighted by Gasteiger charge is 2.23. The number of aryl methyl sites for hydroxylation is 1. The van der Waals surface area contributed by atoms with Crippen molar-refractivity contribution in [2.45, 2.75) is 83.1 Å². The Hall–Kier alpha value is -1.53. The van der Waals surface area contributed by atoms with Crippen molar-refractivity contribution in [3.8, 4) is 0 Å². The van der Waals surface area contributed by atoms with Crippen LogP contribution >= 0.6 is 0 Å². The van der Waals surface area contributed by atoms with Gasteiger partial charge >= 0.3 is 0 Å². The van der Waals surface area contributed by atoms with E-state index in [1.165, 1.54) is 64.2 Å². The zero-order valence-electron chi connectivity index (χ0n) is 23.7. The first kappa shape index (κ1) is 30.4. The molecule has 39 heavy (non-hydrogen) atoms. The Kier molecular flexibility index (Phi) is 12.1.